The monoisotopic (exact) mass is 488 g/mol. The maximum atomic E-state index is 10.6. The van der Waals surface area contributed by atoms with Crippen molar-refractivity contribution in [3.8, 4) is 0 Å². The van der Waals surface area contributed by atoms with Crippen LogP contribution in [0.25, 0.3) is 0 Å². The first-order valence-electron chi connectivity index (χ1n) is 10.4. The Morgan fingerprint density at radius 1 is 0.424 bits per heavy atom. The third-order valence-corrected chi connectivity index (χ3v) is 6.54. The fourth-order valence-corrected chi connectivity index (χ4v) is 4.50. The van der Waals surface area contributed by atoms with E-state index < -0.39 is 111 Å². The van der Waals surface area contributed by atoms with Gasteiger partial charge in [-0.3, -0.25) is 0 Å². The highest BCUT2D eigenvalue weighted by Crippen LogP contribution is 2.34. The Labute approximate surface area is 187 Å². The van der Waals surface area contributed by atoms with E-state index in [-0.39, 0.29) is 0 Å². The molecule has 0 aromatic heterocycles. The van der Waals surface area contributed by atoms with Crippen LogP contribution in [0.3, 0.4) is 0 Å². The molecule has 0 saturated carbocycles. The van der Waals surface area contributed by atoms with Gasteiger partial charge < -0.3 is 75.5 Å². The van der Waals surface area contributed by atoms with Gasteiger partial charge in [-0.15, -0.1) is 0 Å². The molecule has 15 heteroatoms. The van der Waals surface area contributed by atoms with Crippen molar-refractivity contribution in [1.29, 1.82) is 0 Å². The molecule has 3 fully saturated rings. The molecule has 33 heavy (non-hydrogen) atoms. The van der Waals surface area contributed by atoms with E-state index in [2.05, 4.69) is 0 Å². The number of hydrogen-bond acceptors (Lipinski definition) is 15. The molecule has 3 aliphatic rings. The molecule has 0 aromatic rings. The van der Waals surface area contributed by atoms with Crippen molar-refractivity contribution in [2.24, 2.45) is 0 Å². The average molecular weight is 488 g/mol. The minimum atomic E-state index is -1.94. The standard InChI is InChI=1S/C18H32O15/c19-1-3-5(21)7(23)9(25)15(31-3)13(29)17-11(27)12(28)18(33-17)14(30)16-10(26)8(24)6(22)4(2-20)32-16/h3-30H,1-2H2/t3-,4-,5+,6+,7-,8-,9+,10+,11-,12-,13?,14?,15+,16+,17-,18-/m0/s1. The largest absolute Gasteiger partial charge is 0.394 e. The summed E-state index contributed by atoms with van der Waals surface area (Å²) in [7, 11) is 0. The zero-order valence-corrected chi connectivity index (χ0v) is 17.2. The van der Waals surface area contributed by atoms with Gasteiger partial charge in [0.05, 0.1) is 13.2 Å². The highest BCUT2D eigenvalue weighted by molar-refractivity contribution is 5.05. The lowest BCUT2D eigenvalue weighted by atomic mass is 9.88. The maximum Gasteiger partial charge on any atom is 0.115 e. The fourth-order valence-electron chi connectivity index (χ4n) is 4.50. The van der Waals surface area contributed by atoms with Crippen molar-refractivity contribution in [3.05, 3.63) is 0 Å². The summed E-state index contributed by atoms with van der Waals surface area (Å²) in [5.41, 5.74) is 0. The van der Waals surface area contributed by atoms with Crippen molar-refractivity contribution < 1.29 is 75.5 Å². The maximum absolute atomic E-state index is 10.6. The predicted molar refractivity (Wildman–Crippen MR) is 100 cm³/mol. The first kappa shape index (κ1) is 27.0. The van der Waals surface area contributed by atoms with Crippen LogP contribution in [0.5, 0.6) is 0 Å². The van der Waals surface area contributed by atoms with E-state index in [1.54, 1.807) is 0 Å². The van der Waals surface area contributed by atoms with Crippen molar-refractivity contribution in [2.75, 3.05) is 13.2 Å². The van der Waals surface area contributed by atoms with Gasteiger partial charge >= 0.3 is 0 Å². The van der Waals surface area contributed by atoms with Crippen LogP contribution in [0.4, 0.5) is 0 Å². The fraction of sp³-hybridized carbons (Fsp3) is 1.00. The summed E-state index contributed by atoms with van der Waals surface area (Å²) in [4.78, 5) is 0. The number of aliphatic hydroxyl groups excluding tert-OH is 12. The van der Waals surface area contributed by atoms with E-state index in [1.165, 1.54) is 0 Å². The normalized spacial score (nSPS) is 53.1. The quantitative estimate of drug-likeness (QED) is 0.165. The van der Waals surface area contributed by atoms with Crippen LogP contribution in [-0.4, -0.2) is 172 Å². The molecule has 2 unspecified atom stereocenters. The van der Waals surface area contributed by atoms with Crippen LogP contribution in [0.2, 0.25) is 0 Å². The summed E-state index contributed by atoms with van der Waals surface area (Å²) in [5, 5.41) is 121. The molecule has 3 aliphatic heterocycles. The van der Waals surface area contributed by atoms with Gasteiger partial charge in [-0.25, -0.2) is 0 Å². The van der Waals surface area contributed by atoms with Gasteiger partial charge in [-0.05, 0) is 0 Å². The molecular weight excluding hydrogens is 456 g/mol. The zero-order valence-electron chi connectivity index (χ0n) is 17.2. The number of rotatable bonds is 6. The van der Waals surface area contributed by atoms with Crippen molar-refractivity contribution in [1.82, 2.24) is 0 Å². The first-order chi connectivity index (χ1) is 15.5. The van der Waals surface area contributed by atoms with Gasteiger partial charge in [-0.2, -0.15) is 0 Å². The van der Waals surface area contributed by atoms with Gasteiger partial charge in [0.25, 0.3) is 0 Å². The smallest absolute Gasteiger partial charge is 0.115 e. The van der Waals surface area contributed by atoms with E-state index >= 15 is 0 Å². The Kier molecular flexibility index (Phi) is 8.65. The SMILES string of the molecule is OC[C@@H]1O[C@@H](C(O)[C@H]2O[C@H](C(O)[C@@H]3O[C@@H](CO)[C@@H](O)[C@H](O)[C@H]3O)[C@@H](O)[C@@H]2O)[C@H](O)[C@@H](O)[C@@H]1O. The summed E-state index contributed by atoms with van der Waals surface area (Å²) in [6.45, 7) is -1.55. The Morgan fingerprint density at radius 3 is 1.00 bits per heavy atom. The molecule has 0 spiro atoms. The molecule has 0 aromatic carbocycles. The molecule has 3 heterocycles. The summed E-state index contributed by atoms with van der Waals surface area (Å²) in [6, 6.07) is 0. The summed E-state index contributed by atoms with van der Waals surface area (Å²) >= 11 is 0. The Morgan fingerprint density at radius 2 is 0.697 bits per heavy atom. The minimum absolute atomic E-state index is 0.774. The Hall–Kier alpha value is -0.600. The van der Waals surface area contributed by atoms with Crippen molar-refractivity contribution >= 4 is 0 Å². The predicted octanol–water partition coefficient (Wildman–Crippen LogP) is -8.12. The van der Waals surface area contributed by atoms with Crippen LogP contribution in [0.1, 0.15) is 0 Å². The zero-order chi connectivity index (χ0) is 24.8. The molecule has 15 nitrogen and oxygen atoms in total. The average Bonchev–Trinajstić information content (AvgIpc) is 3.10. The van der Waals surface area contributed by atoms with Crippen LogP contribution < -0.4 is 0 Å². The molecule has 3 saturated heterocycles. The van der Waals surface area contributed by atoms with E-state index in [0.29, 0.717) is 0 Å². The first-order valence-corrected chi connectivity index (χ1v) is 10.4. The van der Waals surface area contributed by atoms with Crippen LogP contribution >= 0.6 is 0 Å². The van der Waals surface area contributed by atoms with E-state index in [9.17, 15) is 61.3 Å². The molecule has 194 valence electrons. The van der Waals surface area contributed by atoms with Gasteiger partial charge in [-0.1, -0.05) is 0 Å². The van der Waals surface area contributed by atoms with Crippen molar-refractivity contribution in [2.45, 2.75) is 97.7 Å². The second-order valence-corrected chi connectivity index (χ2v) is 8.61. The number of hydrogen-bond donors (Lipinski definition) is 12. The van der Waals surface area contributed by atoms with E-state index in [0.717, 1.165) is 0 Å². The molecule has 12 N–H and O–H groups in total. The van der Waals surface area contributed by atoms with Crippen LogP contribution in [-0.2, 0) is 14.2 Å². The third-order valence-electron chi connectivity index (χ3n) is 6.54. The molecule has 16 atom stereocenters. The Balaban J connectivity index is 1.75. The topological polar surface area (TPSA) is 270 Å². The van der Waals surface area contributed by atoms with Crippen LogP contribution in [0.15, 0.2) is 0 Å². The number of ether oxygens (including phenoxy) is 3. The summed E-state index contributed by atoms with van der Waals surface area (Å²) in [5.74, 6) is 0. The molecule has 3 rings (SSSR count). The van der Waals surface area contributed by atoms with Gasteiger partial charge in [0, 0.05) is 0 Å². The minimum Gasteiger partial charge on any atom is -0.394 e. The second kappa shape index (κ2) is 10.6. The lowest BCUT2D eigenvalue weighted by Crippen LogP contribution is -2.64. The molecule has 0 bridgehead atoms. The second-order valence-electron chi connectivity index (χ2n) is 8.61. The van der Waals surface area contributed by atoms with E-state index in [1.807, 2.05) is 0 Å². The van der Waals surface area contributed by atoms with E-state index in [4.69, 9.17) is 14.2 Å². The van der Waals surface area contributed by atoms with Gasteiger partial charge in [0.2, 0.25) is 0 Å². The van der Waals surface area contributed by atoms with Gasteiger partial charge in [0.1, 0.15) is 97.7 Å². The Bertz CT molecular complexity index is 584. The van der Waals surface area contributed by atoms with Crippen molar-refractivity contribution in [3.63, 3.8) is 0 Å². The third kappa shape index (κ3) is 4.77. The number of aliphatic hydroxyl groups is 12. The van der Waals surface area contributed by atoms with Crippen LogP contribution in [0, 0.1) is 0 Å². The summed E-state index contributed by atoms with van der Waals surface area (Å²) in [6.07, 6.45) is -27.9. The lowest BCUT2D eigenvalue weighted by Gasteiger charge is -2.43. The highest BCUT2D eigenvalue weighted by atomic mass is 16.6. The lowest BCUT2D eigenvalue weighted by molar-refractivity contribution is -0.271. The molecule has 0 radical (unpaired) electrons. The molecule has 0 amide bonds. The molecule has 0 aliphatic carbocycles. The molecular formula is C18H32O15. The summed E-state index contributed by atoms with van der Waals surface area (Å²) < 4.78 is 15.8. The van der Waals surface area contributed by atoms with Gasteiger partial charge in [0.15, 0.2) is 0 Å². The highest BCUT2D eigenvalue weighted by Gasteiger charge is 2.57.